The van der Waals surface area contributed by atoms with Gasteiger partial charge in [-0.25, -0.2) is 0 Å². The van der Waals surface area contributed by atoms with Gasteiger partial charge in [0.05, 0.1) is 11.1 Å². The Morgan fingerprint density at radius 1 is 1.20 bits per heavy atom. The molecule has 140 valence electrons. The molecule has 2 amide bonds. The van der Waals surface area contributed by atoms with Crippen molar-refractivity contribution in [2.24, 2.45) is 0 Å². The molecule has 1 aromatic rings. The number of nitrogens with zero attached hydrogens (tertiary/aromatic N) is 1. The zero-order valence-electron chi connectivity index (χ0n) is 16.4. The first-order chi connectivity index (χ1) is 11.5. The third kappa shape index (κ3) is 4.69. The van der Waals surface area contributed by atoms with Crippen LogP contribution in [-0.2, 0) is 15.0 Å². The molecule has 0 saturated carbocycles. The fourth-order valence-electron chi connectivity index (χ4n) is 2.67. The molecule has 1 heterocycles. The second kappa shape index (κ2) is 8.13. The smallest absolute Gasteiger partial charge is 0.257 e. The number of Topliss-reactive ketones (excluding diaryl/α,β-unsaturated/α-hetero) is 1. The van der Waals surface area contributed by atoms with Crippen LogP contribution in [0.2, 0.25) is 0 Å². The Morgan fingerprint density at radius 2 is 1.80 bits per heavy atom. The normalized spacial score (nSPS) is 12.0. The van der Waals surface area contributed by atoms with Crippen LogP contribution >= 0.6 is 11.3 Å². The van der Waals surface area contributed by atoms with Gasteiger partial charge in [-0.3, -0.25) is 14.4 Å². The molecule has 0 aliphatic rings. The van der Waals surface area contributed by atoms with E-state index in [0.29, 0.717) is 29.9 Å². The van der Waals surface area contributed by atoms with Crippen molar-refractivity contribution in [1.29, 1.82) is 0 Å². The molecule has 0 saturated heterocycles. The molecule has 0 atom stereocenters. The standard InChI is InChI=1S/C19H30N2O3S/c1-8-10-21(19(6,7)14(23)9-2)17(24)13-11-15(18(3,4)5)25-16(13)20-12-22/h11-12H,8-10H2,1-7H3,(H,20,22). The van der Waals surface area contributed by atoms with Crippen molar-refractivity contribution in [1.82, 2.24) is 4.90 Å². The van der Waals surface area contributed by atoms with Crippen molar-refractivity contribution in [2.45, 2.75) is 72.3 Å². The molecule has 0 aliphatic heterocycles. The number of ketones is 1. The highest BCUT2D eigenvalue weighted by Gasteiger charge is 2.38. The Bertz CT molecular complexity index is 642. The Morgan fingerprint density at radius 3 is 2.24 bits per heavy atom. The highest BCUT2D eigenvalue weighted by molar-refractivity contribution is 7.16. The number of thiophene rings is 1. The van der Waals surface area contributed by atoms with E-state index in [-0.39, 0.29) is 17.1 Å². The number of nitrogens with one attached hydrogen (secondary N) is 1. The highest BCUT2D eigenvalue weighted by atomic mass is 32.1. The number of hydrogen-bond acceptors (Lipinski definition) is 4. The van der Waals surface area contributed by atoms with E-state index in [0.717, 1.165) is 11.3 Å². The second-order valence-corrected chi connectivity index (χ2v) is 8.71. The van der Waals surface area contributed by atoms with Crippen molar-refractivity contribution >= 4 is 34.4 Å². The van der Waals surface area contributed by atoms with Gasteiger partial charge in [-0.2, -0.15) is 0 Å². The maximum atomic E-state index is 13.3. The highest BCUT2D eigenvalue weighted by Crippen LogP contribution is 2.37. The van der Waals surface area contributed by atoms with Crippen molar-refractivity contribution in [2.75, 3.05) is 11.9 Å². The van der Waals surface area contributed by atoms with Crippen LogP contribution < -0.4 is 5.32 Å². The SMILES string of the molecule is CCCN(C(=O)c1cc(C(C)(C)C)sc1NC=O)C(C)(C)C(=O)CC. The summed E-state index contributed by atoms with van der Waals surface area (Å²) in [4.78, 5) is 39.3. The first-order valence-electron chi connectivity index (χ1n) is 8.70. The van der Waals surface area contributed by atoms with Crippen LogP contribution in [-0.4, -0.2) is 35.1 Å². The maximum absolute atomic E-state index is 13.3. The van der Waals surface area contributed by atoms with Crippen LogP contribution in [0.4, 0.5) is 5.00 Å². The van der Waals surface area contributed by atoms with Crippen LogP contribution in [0.1, 0.15) is 76.5 Å². The van der Waals surface area contributed by atoms with E-state index in [1.54, 1.807) is 25.7 Å². The maximum Gasteiger partial charge on any atom is 0.257 e. The van der Waals surface area contributed by atoms with E-state index >= 15 is 0 Å². The van der Waals surface area contributed by atoms with E-state index in [4.69, 9.17) is 0 Å². The zero-order chi connectivity index (χ0) is 19.4. The van der Waals surface area contributed by atoms with Crippen molar-refractivity contribution in [3.05, 3.63) is 16.5 Å². The Labute approximate surface area is 154 Å². The fraction of sp³-hybridized carbons (Fsp3) is 0.632. The van der Waals surface area contributed by atoms with Crippen LogP contribution in [0.5, 0.6) is 0 Å². The number of carbonyl (C=O) groups is 3. The first kappa shape index (κ1) is 21.4. The molecule has 0 bridgehead atoms. The lowest BCUT2D eigenvalue weighted by Crippen LogP contribution is -2.53. The largest absolute Gasteiger partial charge is 0.326 e. The lowest BCUT2D eigenvalue weighted by Gasteiger charge is -2.37. The minimum atomic E-state index is -0.885. The zero-order valence-corrected chi connectivity index (χ0v) is 17.2. The average molecular weight is 367 g/mol. The van der Waals surface area contributed by atoms with Crippen LogP contribution in [0.25, 0.3) is 0 Å². The van der Waals surface area contributed by atoms with Crippen LogP contribution in [0.3, 0.4) is 0 Å². The summed E-state index contributed by atoms with van der Waals surface area (Å²) in [6, 6.07) is 1.84. The molecule has 0 radical (unpaired) electrons. The number of anilines is 1. The van der Waals surface area contributed by atoms with Gasteiger partial charge in [-0.15, -0.1) is 11.3 Å². The summed E-state index contributed by atoms with van der Waals surface area (Å²) in [5, 5.41) is 3.18. The monoisotopic (exact) mass is 366 g/mol. The molecule has 1 aromatic heterocycles. The van der Waals surface area contributed by atoms with Gasteiger partial charge in [-0.1, -0.05) is 34.6 Å². The van der Waals surface area contributed by atoms with Gasteiger partial charge in [-0.05, 0) is 31.7 Å². The molecule has 0 fully saturated rings. The minimum Gasteiger partial charge on any atom is -0.326 e. The molecule has 0 spiro atoms. The molecule has 1 N–H and O–H groups in total. The van der Waals surface area contributed by atoms with E-state index in [9.17, 15) is 14.4 Å². The molecule has 1 rings (SSSR count). The van der Waals surface area contributed by atoms with Crippen LogP contribution in [0.15, 0.2) is 6.07 Å². The topological polar surface area (TPSA) is 66.5 Å². The van der Waals surface area contributed by atoms with Crippen LogP contribution in [0, 0.1) is 0 Å². The summed E-state index contributed by atoms with van der Waals surface area (Å²) in [5.41, 5.74) is -0.566. The number of rotatable bonds is 8. The van der Waals surface area contributed by atoms with Crippen molar-refractivity contribution in [3.63, 3.8) is 0 Å². The average Bonchev–Trinajstić information content (AvgIpc) is 2.95. The van der Waals surface area contributed by atoms with Gasteiger partial charge in [0.1, 0.15) is 5.00 Å². The van der Waals surface area contributed by atoms with Gasteiger partial charge in [0.2, 0.25) is 6.41 Å². The number of hydrogen-bond donors (Lipinski definition) is 1. The Kier molecular flexibility index (Phi) is 6.94. The summed E-state index contributed by atoms with van der Waals surface area (Å²) in [6.45, 7) is 14.0. The van der Waals surface area contributed by atoms with E-state index in [1.165, 1.54) is 11.3 Å². The van der Waals surface area contributed by atoms with E-state index < -0.39 is 5.54 Å². The van der Waals surface area contributed by atoms with Crippen molar-refractivity contribution in [3.8, 4) is 0 Å². The predicted molar refractivity (Wildman–Crippen MR) is 103 cm³/mol. The summed E-state index contributed by atoms with van der Waals surface area (Å²) >= 11 is 1.40. The molecule has 0 aliphatic carbocycles. The molecule has 0 aromatic carbocycles. The number of carbonyl (C=O) groups excluding carboxylic acids is 3. The molecule has 5 nitrogen and oxygen atoms in total. The Balaban J connectivity index is 3.40. The minimum absolute atomic E-state index is 0.0190. The quantitative estimate of drug-likeness (QED) is 0.700. The fourth-order valence-corrected chi connectivity index (χ4v) is 3.73. The predicted octanol–water partition coefficient (Wildman–Crippen LogP) is 4.22. The van der Waals surface area contributed by atoms with Gasteiger partial charge >= 0.3 is 0 Å². The third-order valence-corrected chi connectivity index (χ3v) is 5.75. The van der Waals surface area contributed by atoms with Gasteiger partial charge in [0.15, 0.2) is 5.78 Å². The van der Waals surface area contributed by atoms with Crippen molar-refractivity contribution < 1.29 is 14.4 Å². The van der Waals surface area contributed by atoms with Gasteiger partial charge < -0.3 is 10.2 Å². The summed E-state index contributed by atoms with van der Waals surface area (Å²) in [6.07, 6.45) is 1.71. The molecule has 0 unspecified atom stereocenters. The first-order valence-corrected chi connectivity index (χ1v) is 9.52. The third-order valence-electron chi connectivity index (χ3n) is 4.26. The summed E-state index contributed by atoms with van der Waals surface area (Å²) in [7, 11) is 0. The lowest BCUT2D eigenvalue weighted by atomic mass is 9.92. The summed E-state index contributed by atoms with van der Waals surface area (Å²) < 4.78 is 0. The molecule has 25 heavy (non-hydrogen) atoms. The van der Waals surface area contributed by atoms with E-state index in [1.807, 2.05) is 13.0 Å². The van der Waals surface area contributed by atoms with Gasteiger partial charge in [0.25, 0.3) is 5.91 Å². The van der Waals surface area contributed by atoms with E-state index in [2.05, 4.69) is 26.1 Å². The molecular formula is C19H30N2O3S. The summed E-state index contributed by atoms with van der Waals surface area (Å²) in [5.74, 6) is -0.199. The lowest BCUT2D eigenvalue weighted by molar-refractivity contribution is -0.127. The Hall–Kier alpha value is -1.69. The molecular weight excluding hydrogens is 336 g/mol. The molecule has 6 heteroatoms. The van der Waals surface area contributed by atoms with Gasteiger partial charge in [0, 0.05) is 17.8 Å². The number of amides is 2. The second-order valence-electron chi connectivity index (χ2n) is 7.66.